The molecule has 2 aromatic carbocycles. The highest BCUT2D eigenvalue weighted by Gasteiger charge is 2.17. The largest absolute Gasteiger partial charge is 0.733 e. The van der Waals surface area contributed by atoms with Gasteiger partial charge in [0.05, 0.1) is 10.6 Å². The van der Waals surface area contributed by atoms with Crippen LogP contribution in [0.25, 0.3) is 0 Å². The third kappa shape index (κ3) is 4.60. The molecule has 0 fully saturated rings. The Morgan fingerprint density at radius 2 is 1.92 bits per heavy atom. The zero-order chi connectivity index (χ0) is 18.6. The van der Waals surface area contributed by atoms with Gasteiger partial charge in [-0.3, -0.25) is 10.1 Å². The molecular weight excluding hydrogens is 354 g/mol. The Balaban J connectivity index is 1.50. The van der Waals surface area contributed by atoms with E-state index in [1.165, 1.54) is 29.3 Å². The molecule has 0 aromatic heterocycles. The number of fused-ring (bicyclic) bond motifs is 1. The Kier molecular flexibility index (Phi) is 5.90. The number of benzene rings is 2. The van der Waals surface area contributed by atoms with Gasteiger partial charge in [-0.15, -0.1) is 0 Å². The molecule has 0 unspecified atom stereocenters. The number of hydrogen-bond donors (Lipinski definition) is 2. The first-order chi connectivity index (χ1) is 12.5. The number of nitrogens with one attached hydrogen (secondary N) is 1. The summed E-state index contributed by atoms with van der Waals surface area (Å²) in [6.45, 7) is 2.98. The van der Waals surface area contributed by atoms with E-state index in [1.807, 2.05) is 6.07 Å². The number of sulfonamides is 1. The van der Waals surface area contributed by atoms with Gasteiger partial charge in [-0.2, -0.15) is 0 Å². The molecular formula is C18H22N3O4S-. The molecule has 3 rings (SSSR count). The van der Waals surface area contributed by atoms with Crippen molar-refractivity contribution in [1.82, 2.24) is 9.62 Å². The normalized spacial score (nSPS) is 14.8. The summed E-state index contributed by atoms with van der Waals surface area (Å²) in [6.07, 6.45) is 1.70. The van der Waals surface area contributed by atoms with Crippen LogP contribution in [0.5, 0.6) is 0 Å². The van der Waals surface area contributed by atoms with E-state index < -0.39 is 10.0 Å². The fourth-order valence-corrected chi connectivity index (χ4v) is 4.22. The van der Waals surface area contributed by atoms with Gasteiger partial charge in [-0.05, 0) is 48.7 Å². The minimum Gasteiger partial charge on any atom is -0.733 e. The van der Waals surface area contributed by atoms with Gasteiger partial charge in [0.15, 0.2) is 0 Å². The standard InChI is InChI=1S/C18H22N3O4S/c22-21(23)17-7-3-8-18(13-17)26(24,25)19-10-4-11-20-12-9-15-5-1-2-6-16(15)14-20/h1-3,5-8,13,19,22H,4,9-12,14H2/q-1. The minimum absolute atomic E-state index is 0.0446. The van der Waals surface area contributed by atoms with Crippen LogP contribution >= 0.6 is 0 Å². The Bertz CT molecular complexity index is 855. The highest BCUT2D eigenvalue weighted by molar-refractivity contribution is 7.89. The molecule has 1 heterocycles. The Labute approximate surface area is 153 Å². The molecule has 0 radical (unpaired) electrons. The molecule has 2 aromatic rings. The Hall–Kier alpha value is -1.97. The van der Waals surface area contributed by atoms with Gasteiger partial charge in [0.2, 0.25) is 10.0 Å². The molecule has 8 heteroatoms. The van der Waals surface area contributed by atoms with Gasteiger partial charge < -0.3 is 10.4 Å². The lowest BCUT2D eigenvalue weighted by Crippen LogP contribution is -2.33. The number of rotatable bonds is 7. The van der Waals surface area contributed by atoms with E-state index in [-0.39, 0.29) is 15.8 Å². The topological polar surface area (TPSA) is 95.9 Å². The maximum atomic E-state index is 12.3. The lowest BCUT2D eigenvalue weighted by molar-refractivity contribution is 0.251. The number of anilines is 1. The van der Waals surface area contributed by atoms with Crippen molar-refractivity contribution in [3.05, 3.63) is 64.9 Å². The SMILES string of the molecule is O=S(=O)(NCCCN1CCc2ccccc2C1)c1cccc(N([O-])O)c1. The van der Waals surface area contributed by atoms with Gasteiger partial charge in [0.1, 0.15) is 0 Å². The van der Waals surface area contributed by atoms with Gasteiger partial charge >= 0.3 is 0 Å². The first kappa shape index (κ1) is 18.8. The summed E-state index contributed by atoms with van der Waals surface area (Å²) in [5.74, 6) is 0. The van der Waals surface area contributed by atoms with E-state index >= 15 is 0 Å². The van der Waals surface area contributed by atoms with Crippen LogP contribution in [-0.2, 0) is 23.0 Å². The van der Waals surface area contributed by atoms with Crippen molar-refractivity contribution < 1.29 is 13.6 Å². The van der Waals surface area contributed by atoms with Crippen molar-refractivity contribution in [2.75, 3.05) is 24.9 Å². The summed E-state index contributed by atoms with van der Waals surface area (Å²) in [4.78, 5) is 2.27. The zero-order valence-electron chi connectivity index (χ0n) is 14.3. The number of nitrogens with zero attached hydrogens (tertiary/aromatic N) is 2. The molecule has 2 N–H and O–H groups in total. The van der Waals surface area contributed by atoms with Gasteiger partial charge in [-0.25, -0.2) is 13.1 Å². The van der Waals surface area contributed by atoms with Gasteiger partial charge in [0, 0.05) is 19.6 Å². The monoisotopic (exact) mass is 376 g/mol. The average molecular weight is 376 g/mol. The molecule has 0 aliphatic carbocycles. The van der Waals surface area contributed by atoms with E-state index in [4.69, 9.17) is 5.21 Å². The molecule has 1 aliphatic rings. The lowest BCUT2D eigenvalue weighted by atomic mass is 10.00. The lowest BCUT2D eigenvalue weighted by Gasteiger charge is -2.28. The van der Waals surface area contributed by atoms with E-state index in [0.717, 1.165) is 32.1 Å². The van der Waals surface area contributed by atoms with Gasteiger partial charge in [0.25, 0.3) is 0 Å². The summed E-state index contributed by atoms with van der Waals surface area (Å²) in [6, 6.07) is 13.7. The highest BCUT2D eigenvalue weighted by Crippen LogP contribution is 2.19. The predicted molar refractivity (Wildman–Crippen MR) is 99.3 cm³/mol. The van der Waals surface area contributed by atoms with E-state index in [0.29, 0.717) is 13.0 Å². The second-order valence-corrected chi connectivity index (χ2v) is 8.08. The molecule has 0 atom stereocenters. The molecule has 0 amide bonds. The van der Waals surface area contributed by atoms with Crippen LogP contribution in [0.4, 0.5) is 5.69 Å². The van der Waals surface area contributed by atoms with Gasteiger partial charge in [-0.1, -0.05) is 30.3 Å². The van der Waals surface area contributed by atoms with Crippen molar-refractivity contribution in [2.45, 2.75) is 24.3 Å². The maximum absolute atomic E-state index is 12.3. The van der Waals surface area contributed by atoms with Crippen LogP contribution in [0.1, 0.15) is 17.5 Å². The summed E-state index contributed by atoms with van der Waals surface area (Å²) < 4.78 is 27.1. The highest BCUT2D eigenvalue weighted by atomic mass is 32.2. The average Bonchev–Trinajstić information content (AvgIpc) is 2.65. The van der Waals surface area contributed by atoms with Crippen LogP contribution in [0.2, 0.25) is 0 Å². The molecule has 7 nitrogen and oxygen atoms in total. The molecule has 0 saturated heterocycles. The van der Waals surface area contributed by atoms with E-state index in [9.17, 15) is 13.6 Å². The van der Waals surface area contributed by atoms with E-state index in [2.05, 4.69) is 27.8 Å². The fourth-order valence-electron chi connectivity index (χ4n) is 3.11. The second kappa shape index (κ2) is 8.15. The summed E-state index contributed by atoms with van der Waals surface area (Å²) >= 11 is 0. The molecule has 140 valence electrons. The molecule has 0 saturated carbocycles. The quantitative estimate of drug-likeness (QED) is 0.568. The fraction of sp³-hybridized carbons (Fsp3) is 0.333. The minimum atomic E-state index is -3.71. The van der Waals surface area contributed by atoms with Crippen molar-refractivity contribution >= 4 is 15.7 Å². The summed E-state index contributed by atoms with van der Waals surface area (Å²) in [7, 11) is -3.71. The van der Waals surface area contributed by atoms with E-state index in [1.54, 1.807) is 0 Å². The van der Waals surface area contributed by atoms with Crippen molar-refractivity contribution in [1.29, 1.82) is 0 Å². The molecule has 26 heavy (non-hydrogen) atoms. The van der Waals surface area contributed by atoms with Crippen LogP contribution in [0, 0.1) is 5.21 Å². The molecule has 0 spiro atoms. The maximum Gasteiger partial charge on any atom is 0.240 e. The number of hydrogen-bond acceptors (Lipinski definition) is 6. The first-order valence-electron chi connectivity index (χ1n) is 8.51. The summed E-state index contributed by atoms with van der Waals surface area (Å²) in [5, 5.41) is 19.4. The summed E-state index contributed by atoms with van der Waals surface area (Å²) in [5.41, 5.74) is 2.60. The van der Waals surface area contributed by atoms with Crippen molar-refractivity contribution in [3.8, 4) is 0 Å². The van der Waals surface area contributed by atoms with Crippen LogP contribution in [0.3, 0.4) is 0 Å². The second-order valence-electron chi connectivity index (χ2n) is 6.32. The third-order valence-electron chi connectivity index (χ3n) is 4.50. The first-order valence-corrected chi connectivity index (χ1v) is 9.99. The Morgan fingerprint density at radius 1 is 1.15 bits per heavy atom. The predicted octanol–water partition coefficient (Wildman–Crippen LogP) is 2.11. The molecule has 1 aliphatic heterocycles. The Morgan fingerprint density at radius 3 is 2.69 bits per heavy atom. The van der Waals surface area contributed by atoms with Crippen molar-refractivity contribution in [3.63, 3.8) is 0 Å². The zero-order valence-corrected chi connectivity index (χ0v) is 15.2. The van der Waals surface area contributed by atoms with Crippen LogP contribution in [0.15, 0.2) is 53.4 Å². The molecule has 0 bridgehead atoms. The van der Waals surface area contributed by atoms with Crippen LogP contribution < -0.4 is 9.95 Å². The van der Waals surface area contributed by atoms with Crippen molar-refractivity contribution in [2.24, 2.45) is 0 Å². The third-order valence-corrected chi connectivity index (χ3v) is 5.96. The van der Waals surface area contributed by atoms with Crippen LogP contribution in [-0.4, -0.2) is 38.2 Å². The smallest absolute Gasteiger partial charge is 0.240 e.